The third-order valence-electron chi connectivity index (χ3n) is 12.6. The first-order valence-electron chi connectivity index (χ1n) is 32.1. The minimum Gasteiger partial charge on any atom is -0.756 e. The highest BCUT2D eigenvalue weighted by Crippen LogP contribution is 2.38. The first-order valence-corrected chi connectivity index (χ1v) is 33.6. The molecular formula is C74H116NO8P. The molecule has 0 heterocycles. The van der Waals surface area contributed by atoms with Crippen LogP contribution >= 0.6 is 7.82 Å². The van der Waals surface area contributed by atoms with Gasteiger partial charge in [-0.1, -0.05) is 247 Å². The second-order valence-corrected chi connectivity index (χ2v) is 23.1. The molecule has 84 heavy (non-hydrogen) atoms. The van der Waals surface area contributed by atoms with Gasteiger partial charge in [0.25, 0.3) is 7.82 Å². The molecule has 0 aromatic heterocycles. The SMILES string of the molecule is CC/C=C\C/C=C\C/C=C\C/C=C\C/C=C\C/C=C\C/C=C\C/C=C\C/C=C\CCCCCC(=O)OC(COC(=O)CCCCCCCCC/C=C\C/C=C\C/C=C\C/C=C\C/C=C\C/C=C\C/C=C\CC)COP(=O)([O-])OCC[N+](C)(C)C. The van der Waals surface area contributed by atoms with Crippen LogP contribution in [0.4, 0.5) is 0 Å². The lowest BCUT2D eigenvalue weighted by molar-refractivity contribution is -0.870. The van der Waals surface area contributed by atoms with Gasteiger partial charge in [-0.25, -0.2) is 0 Å². The fraction of sp³-hybridized carbons (Fsp3) is 0.541. The monoisotopic (exact) mass is 1180 g/mol. The maximum Gasteiger partial charge on any atom is 0.306 e. The van der Waals surface area contributed by atoms with E-state index in [4.69, 9.17) is 18.5 Å². The molecule has 0 spiro atoms. The van der Waals surface area contributed by atoms with E-state index >= 15 is 0 Å². The second-order valence-electron chi connectivity index (χ2n) is 21.7. The zero-order valence-electron chi connectivity index (χ0n) is 53.3. The molecule has 0 bridgehead atoms. The molecular weight excluding hydrogens is 1060 g/mol. The average Bonchev–Trinajstić information content (AvgIpc) is 3.61. The van der Waals surface area contributed by atoms with E-state index in [0.717, 1.165) is 148 Å². The number of quaternary nitrogens is 1. The quantitative estimate of drug-likeness (QED) is 0.0195. The van der Waals surface area contributed by atoms with E-state index in [1.54, 1.807) is 0 Å². The highest BCUT2D eigenvalue weighted by atomic mass is 31.2. The van der Waals surface area contributed by atoms with Crippen LogP contribution in [-0.4, -0.2) is 70.0 Å². The average molecular weight is 1180 g/mol. The van der Waals surface area contributed by atoms with Crippen LogP contribution in [0, 0.1) is 0 Å². The predicted molar refractivity (Wildman–Crippen MR) is 359 cm³/mol. The molecule has 0 aromatic carbocycles. The highest BCUT2D eigenvalue weighted by molar-refractivity contribution is 7.45. The molecule has 9 nitrogen and oxygen atoms in total. The molecule has 0 aliphatic heterocycles. The third-order valence-corrected chi connectivity index (χ3v) is 13.6. The van der Waals surface area contributed by atoms with Crippen molar-refractivity contribution in [3.05, 3.63) is 194 Å². The Bertz CT molecular complexity index is 2120. The summed E-state index contributed by atoms with van der Waals surface area (Å²) in [4.78, 5) is 38.0. The van der Waals surface area contributed by atoms with E-state index < -0.39 is 32.5 Å². The van der Waals surface area contributed by atoms with E-state index in [1.807, 2.05) is 21.1 Å². The largest absolute Gasteiger partial charge is 0.756 e. The van der Waals surface area contributed by atoms with Crippen LogP contribution in [0.15, 0.2) is 194 Å². The second kappa shape index (κ2) is 62.4. The van der Waals surface area contributed by atoms with Gasteiger partial charge in [0.1, 0.15) is 19.8 Å². The molecule has 0 radical (unpaired) electrons. The van der Waals surface area contributed by atoms with Crippen molar-refractivity contribution in [3.63, 3.8) is 0 Å². The van der Waals surface area contributed by atoms with Crippen molar-refractivity contribution in [2.45, 2.75) is 213 Å². The minimum absolute atomic E-state index is 0.0519. The van der Waals surface area contributed by atoms with Gasteiger partial charge < -0.3 is 27.9 Å². The van der Waals surface area contributed by atoms with Gasteiger partial charge >= 0.3 is 11.9 Å². The van der Waals surface area contributed by atoms with Gasteiger partial charge in [0, 0.05) is 12.8 Å². The summed E-state index contributed by atoms with van der Waals surface area (Å²) in [6, 6.07) is 0. The Morgan fingerprint density at radius 1 is 0.369 bits per heavy atom. The number of phosphoric ester groups is 1. The van der Waals surface area contributed by atoms with Crippen molar-refractivity contribution in [2.24, 2.45) is 0 Å². The maximum atomic E-state index is 12.8. The number of allylic oxidation sites excluding steroid dienone is 32. The molecule has 470 valence electrons. The van der Waals surface area contributed by atoms with Crippen LogP contribution in [0.2, 0.25) is 0 Å². The summed E-state index contributed by atoms with van der Waals surface area (Å²) in [6.07, 6.45) is 97.7. The number of likely N-dealkylation sites (N-methyl/N-ethyl adjacent to an activating group) is 1. The van der Waals surface area contributed by atoms with E-state index in [1.165, 1.54) is 19.3 Å². The molecule has 0 fully saturated rings. The summed E-state index contributed by atoms with van der Waals surface area (Å²) in [5.74, 6) is -0.903. The number of hydrogen-bond acceptors (Lipinski definition) is 8. The van der Waals surface area contributed by atoms with Crippen LogP contribution in [0.1, 0.15) is 206 Å². The third kappa shape index (κ3) is 66.0. The molecule has 0 aliphatic carbocycles. The van der Waals surface area contributed by atoms with Crippen LogP contribution < -0.4 is 4.89 Å². The zero-order chi connectivity index (χ0) is 61.2. The normalized spacial score (nSPS) is 14.5. The van der Waals surface area contributed by atoms with Crippen molar-refractivity contribution in [2.75, 3.05) is 47.5 Å². The zero-order valence-corrected chi connectivity index (χ0v) is 54.1. The van der Waals surface area contributed by atoms with Crippen molar-refractivity contribution >= 4 is 19.8 Å². The number of carbonyl (C=O) groups is 2. The number of unbranched alkanes of at least 4 members (excludes halogenated alkanes) is 10. The highest BCUT2D eigenvalue weighted by Gasteiger charge is 2.21. The summed E-state index contributed by atoms with van der Waals surface area (Å²) >= 11 is 0. The topological polar surface area (TPSA) is 111 Å². The molecule has 0 rings (SSSR count). The van der Waals surface area contributed by atoms with Gasteiger partial charge in [-0.05, 0) is 141 Å². The van der Waals surface area contributed by atoms with Crippen LogP contribution in [0.25, 0.3) is 0 Å². The molecule has 0 aliphatic rings. The molecule has 0 amide bonds. The molecule has 0 saturated carbocycles. The smallest absolute Gasteiger partial charge is 0.306 e. The minimum atomic E-state index is -4.67. The molecule has 0 aromatic rings. The summed E-state index contributed by atoms with van der Waals surface area (Å²) in [5, 5.41) is 0. The standard InChI is InChI=1S/C74H116NO8P/c1-6-8-10-12-14-16-18-20-22-24-26-28-30-32-34-36-37-39-41-43-45-47-49-51-53-55-57-59-61-63-65-67-74(77)83-72(71-82-84(78,79)81-69-68-75(3,4)5)70-80-73(76)66-64-62-60-58-56-54-52-50-48-46-44-42-40-38-35-33-31-29-27-25-23-21-19-17-15-13-11-9-7-2/h8-11,14-17,20-23,26-29,32-35,37,39-40,42-43,45-46,48-49,51,55,57,72H,6-7,12-13,18-19,24-25,30-31,36,38,41,44,47,50,52-54,56,58-71H2,1-5H3/b10-8-,11-9-,16-14-,17-15-,22-20-,23-21-,28-26-,29-27-,34-32-,35-33-,39-37-,42-40-,45-43-,48-46-,51-49-,57-55-. The number of rotatable bonds is 56. The first kappa shape index (κ1) is 78.8. The fourth-order valence-corrected chi connectivity index (χ4v) is 8.47. The molecule has 2 atom stereocenters. The van der Waals surface area contributed by atoms with Crippen molar-refractivity contribution < 1.29 is 42.1 Å². The number of hydrogen-bond donors (Lipinski definition) is 0. The molecule has 0 saturated heterocycles. The first-order chi connectivity index (χ1) is 41.0. The van der Waals surface area contributed by atoms with E-state index in [0.29, 0.717) is 23.9 Å². The Balaban J connectivity index is 4.30. The van der Waals surface area contributed by atoms with Crippen molar-refractivity contribution in [1.82, 2.24) is 0 Å². The fourth-order valence-electron chi connectivity index (χ4n) is 7.74. The Labute approximate surface area is 513 Å². The molecule has 2 unspecified atom stereocenters. The van der Waals surface area contributed by atoms with Crippen LogP contribution in [-0.2, 0) is 32.7 Å². The van der Waals surface area contributed by atoms with Gasteiger partial charge in [-0.15, -0.1) is 0 Å². The predicted octanol–water partition coefficient (Wildman–Crippen LogP) is 20.3. The Hall–Kier alpha value is -5.15. The summed E-state index contributed by atoms with van der Waals surface area (Å²) in [5.41, 5.74) is 0. The Morgan fingerprint density at radius 2 is 0.643 bits per heavy atom. The van der Waals surface area contributed by atoms with Crippen LogP contribution in [0.5, 0.6) is 0 Å². The van der Waals surface area contributed by atoms with Gasteiger partial charge in [-0.3, -0.25) is 14.2 Å². The Kier molecular flexibility index (Phi) is 58.6. The van der Waals surface area contributed by atoms with Crippen LogP contribution in [0.3, 0.4) is 0 Å². The van der Waals surface area contributed by atoms with Gasteiger partial charge in [0.15, 0.2) is 6.10 Å². The maximum absolute atomic E-state index is 12.8. The van der Waals surface area contributed by atoms with Crippen molar-refractivity contribution in [1.29, 1.82) is 0 Å². The van der Waals surface area contributed by atoms with Gasteiger partial charge in [-0.2, -0.15) is 0 Å². The number of ether oxygens (including phenoxy) is 2. The van der Waals surface area contributed by atoms with E-state index in [-0.39, 0.29) is 26.1 Å². The summed E-state index contributed by atoms with van der Waals surface area (Å²) in [7, 11) is 1.10. The summed E-state index contributed by atoms with van der Waals surface area (Å²) < 4.78 is 34.2. The lowest BCUT2D eigenvalue weighted by Crippen LogP contribution is -2.37. The lowest BCUT2D eigenvalue weighted by Gasteiger charge is -2.28. The number of nitrogens with zero attached hydrogens (tertiary/aromatic N) is 1. The van der Waals surface area contributed by atoms with E-state index in [2.05, 4.69) is 208 Å². The molecule has 10 heteroatoms. The van der Waals surface area contributed by atoms with Gasteiger partial charge in [0.05, 0.1) is 27.7 Å². The Morgan fingerprint density at radius 3 is 0.964 bits per heavy atom. The number of carbonyl (C=O) groups excluding carboxylic acids is 2. The van der Waals surface area contributed by atoms with E-state index in [9.17, 15) is 19.0 Å². The summed E-state index contributed by atoms with van der Waals surface area (Å²) in [6.45, 7) is 3.92. The number of phosphoric acid groups is 1. The van der Waals surface area contributed by atoms with Crippen molar-refractivity contribution in [3.8, 4) is 0 Å². The lowest BCUT2D eigenvalue weighted by atomic mass is 10.1. The molecule has 0 N–H and O–H groups in total. The van der Waals surface area contributed by atoms with Gasteiger partial charge in [0.2, 0.25) is 0 Å². The number of esters is 2.